The maximum absolute atomic E-state index is 4.87. The van der Waals surface area contributed by atoms with E-state index in [-0.39, 0.29) is 0 Å². The molecule has 0 aliphatic carbocycles. The van der Waals surface area contributed by atoms with Crippen molar-refractivity contribution in [3.8, 4) is 0 Å². The zero-order chi connectivity index (χ0) is 17.0. The zero-order valence-corrected chi connectivity index (χ0v) is 18.3. The van der Waals surface area contributed by atoms with E-state index in [4.69, 9.17) is 4.76 Å². The summed E-state index contributed by atoms with van der Waals surface area (Å²) in [7, 11) is -1.77. The molecule has 2 atom stereocenters. The smallest absolute Gasteiger partial charge is 0.141 e. The number of nitrogens with one attached hydrogen (secondary N) is 6. The average Bonchev–Trinajstić information content (AvgIpc) is 2.79. The number of hydrogen-bond acceptors (Lipinski definition) is 9. The molecule has 1 spiro atoms. The molecule has 6 N–H and O–H groups in total. The average molecular weight is 401 g/mol. The molecule has 2 saturated heterocycles. The molecule has 23 heavy (non-hydrogen) atoms. The van der Waals surface area contributed by atoms with Crippen LogP contribution in [-0.4, -0.2) is 49.9 Å². The predicted molar refractivity (Wildman–Crippen MR) is 110 cm³/mol. The molecule has 134 valence electrons. The Kier molecular flexibility index (Phi) is 7.62. The van der Waals surface area contributed by atoms with E-state index < -0.39 is 22.6 Å². The molecule has 2 heterocycles. The molecular weight excluding hydrogens is 369 g/mol. The fourth-order valence-corrected chi connectivity index (χ4v) is 21.5. The zero-order valence-electron chi connectivity index (χ0n) is 14.8. The maximum Gasteiger partial charge on any atom is 0.420 e. The van der Waals surface area contributed by atoms with E-state index in [9.17, 15) is 0 Å². The molecule has 0 aromatic carbocycles. The summed E-state index contributed by atoms with van der Waals surface area (Å²) >= 11 is 2.02. The van der Waals surface area contributed by atoms with Gasteiger partial charge in [0.1, 0.15) is 0 Å². The van der Waals surface area contributed by atoms with E-state index in [2.05, 4.69) is 62.3 Å². The summed E-state index contributed by atoms with van der Waals surface area (Å²) in [6.45, 7) is 10.5. The molecule has 2 aliphatic heterocycles. The van der Waals surface area contributed by atoms with Crippen LogP contribution < -0.4 is 29.8 Å². The molecule has 12 heteroatoms. The number of nitrogens with zero attached hydrogens (tertiary/aromatic N) is 2. The van der Waals surface area contributed by atoms with Crippen LogP contribution in [0.25, 0.3) is 0 Å². The van der Waals surface area contributed by atoms with Crippen molar-refractivity contribution >= 4 is 40.2 Å². The first-order valence-electron chi connectivity index (χ1n) is 8.16. The summed E-state index contributed by atoms with van der Waals surface area (Å²) in [5.74, 6) is 1.14. The Morgan fingerprint density at radius 2 is 1.74 bits per heavy atom. The van der Waals surface area contributed by atoms with Crippen molar-refractivity contribution in [3.05, 3.63) is 0 Å². The van der Waals surface area contributed by atoms with Crippen LogP contribution in [0, 0.1) is 0 Å². The van der Waals surface area contributed by atoms with Crippen LogP contribution in [0.3, 0.4) is 0 Å². The van der Waals surface area contributed by atoms with Crippen molar-refractivity contribution < 1.29 is 0 Å². The first-order chi connectivity index (χ1) is 11.0. The number of rotatable bonds is 7. The van der Waals surface area contributed by atoms with Gasteiger partial charge in [0.25, 0.3) is 0 Å². The molecule has 8 nitrogen and oxygen atoms in total. The van der Waals surface area contributed by atoms with Crippen molar-refractivity contribution in [2.75, 3.05) is 39.0 Å². The molecule has 0 radical (unpaired) electrons. The number of hydrogen-bond donors (Lipinski definition) is 6. The Balaban J connectivity index is 2.43. The second-order valence-electron chi connectivity index (χ2n) is 5.31. The minimum absolute atomic E-state index is 0.873. The van der Waals surface area contributed by atoms with Crippen molar-refractivity contribution in [3.63, 3.8) is 0 Å². The molecular formula is C11H32N8P3S+3. The molecule has 0 amide bonds. The second kappa shape index (κ2) is 8.61. The lowest BCUT2D eigenvalue weighted by Crippen LogP contribution is -2.55. The monoisotopic (exact) mass is 401 g/mol. The van der Waals surface area contributed by atoms with Gasteiger partial charge in [-0.3, -0.25) is 0 Å². The van der Waals surface area contributed by atoms with Crippen molar-refractivity contribution in [2.24, 2.45) is 4.76 Å². The van der Waals surface area contributed by atoms with Crippen LogP contribution in [0.4, 0.5) is 0 Å². The third kappa shape index (κ3) is 4.42. The van der Waals surface area contributed by atoms with Crippen molar-refractivity contribution in [1.82, 2.24) is 34.5 Å². The van der Waals surface area contributed by atoms with Crippen LogP contribution in [-0.2, 0) is 0 Å². The fourth-order valence-electron chi connectivity index (χ4n) is 2.68. The van der Waals surface area contributed by atoms with Crippen molar-refractivity contribution in [1.29, 1.82) is 0 Å². The lowest BCUT2D eigenvalue weighted by atomic mass is 10.8. The molecule has 0 aromatic rings. The standard InChI is InChI=1S/C11H32N8P3S/c1-6-12-20(13-7-2)16-21(14-8-3,15-9-4)18-22(17-20)19(5)10-11-23-22/h6,13-18H,7-11H2,1-5H3/q+3. The van der Waals surface area contributed by atoms with E-state index in [1.165, 1.54) is 0 Å². The van der Waals surface area contributed by atoms with Gasteiger partial charge in [-0.05, 0) is 27.7 Å². The summed E-state index contributed by atoms with van der Waals surface area (Å²) < 4.78 is 7.32. The Morgan fingerprint density at radius 1 is 1.09 bits per heavy atom. The third-order valence-corrected chi connectivity index (χ3v) is 19.2. The van der Waals surface area contributed by atoms with Crippen molar-refractivity contribution in [2.45, 2.75) is 27.7 Å². The van der Waals surface area contributed by atoms with E-state index in [0.29, 0.717) is 0 Å². The van der Waals surface area contributed by atoms with Gasteiger partial charge >= 0.3 is 22.6 Å². The highest BCUT2D eigenvalue weighted by Gasteiger charge is 2.75. The summed E-state index contributed by atoms with van der Waals surface area (Å²) in [5.41, 5.74) is 0. The molecule has 2 unspecified atom stereocenters. The van der Waals surface area contributed by atoms with Crippen LogP contribution in [0.2, 0.25) is 0 Å². The van der Waals surface area contributed by atoms with Crippen LogP contribution in [0.1, 0.15) is 27.7 Å². The molecule has 0 saturated carbocycles. The van der Waals surface area contributed by atoms with Gasteiger partial charge in [-0.1, -0.05) is 4.76 Å². The topological polar surface area (TPSA) is 87.8 Å². The minimum Gasteiger partial charge on any atom is -0.141 e. The van der Waals surface area contributed by atoms with Crippen LogP contribution in [0.15, 0.2) is 4.76 Å². The Hall–Kier alpha value is 1.03. The Morgan fingerprint density at radius 3 is 2.22 bits per heavy atom. The van der Waals surface area contributed by atoms with Gasteiger partial charge in [-0.2, -0.15) is 0 Å². The molecule has 2 rings (SSSR count). The van der Waals surface area contributed by atoms with E-state index >= 15 is 0 Å². The lowest BCUT2D eigenvalue weighted by molar-refractivity contribution is 0.584. The summed E-state index contributed by atoms with van der Waals surface area (Å²) in [5, 5.41) is 11.0. The quantitative estimate of drug-likeness (QED) is 0.287. The van der Waals surface area contributed by atoms with E-state index in [1.54, 1.807) is 0 Å². The highest BCUT2D eigenvalue weighted by Crippen LogP contribution is 2.83. The maximum atomic E-state index is 4.87. The molecule has 0 aromatic heterocycles. The summed E-state index contributed by atoms with van der Waals surface area (Å²) in [4.78, 5) is 11.7. The van der Waals surface area contributed by atoms with Gasteiger partial charge in [0.05, 0.1) is 23.7 Å². The SMILES string of the molecule is CC=N[P+]1(NCC)N[P+](NCC)(NCC)N[P+]2(N1)SCCN2C. The highest BCUT2D eigenvalue weighted by molar-refractivity contribution is 8.62. The second-order valence-corrected chi connectivity index (χ2v) is 16.4. The minimum atomic E-state index is -2.05. The van der Waals surface area contributed by atoms with Gasteiger partial charge in [0.15, 0.2) is 0 Å². The van der Waals surface area contributed by atoms with Crippen LogP contribution in [0.5, 0.6) is 0 Å². The fraction of sp³-hybridized carbons (Fsp3) is 0.909. The largest absolute Gasteiger partial charge is 0.420 e. The molecule has 2 aliphatic rings. The molecule has 0 bridgehead atoms. The normalized spacial score (nSPS) is 34.7. The van der Waals surface area contributed by atoms with Crippen LogP contribution >= 0.6 is 34.0 Å². The van der Waals surface area contributed by atoms with Gasteiger partial charge in [0, 0.05) is 47.5 Å². The van der Waals surface area contributed by atoms with E-state index in [1.807, 2.05) is 24.5 Å². The van der Waals surface area contributed by atoms with Gasteiger partial charge in [0.2, 0.25) is 0 Å². The van der Waals surface area contributed by atoms with Gasteiger partial charge in [-0.15, -0.1) is 19.9 Å². The first kappa shape index (κ1) is 20.3. The molecule has 2 fully saturated rings. The summed E-state index contributed by atoms with van der Waals surface area (Å²) in [6, 6.07) is 0. The van der Waals surface area contributed by atoms with E-state index in [0.717, 1.165) is 31.9 Å². The Labute approximate surface area is 146 Å². The summed E-state index contributed by atoms with van der Waals surface area (Å²) in [6.07, 6.45) is 1.91. The van der Waals surface area contributed by atoms with Gasteiger partial charge < -0.3 is 0 Å². The first-order valence-corrected chi connectivity index (χ1v) is 15.0. The predicted octanol–water partition coefficient (Wildman–Crippen LogP) is 2.40. The lowest BCUT2D eigenvalue weighted by Gasteiger charge is -2.38. The van der Waals surface area contributed by atoms with Gasteiger partial charge in [-0.25, -0.2) is 0 Å². The third-order valence-electron chi connectivity index (χ3n) is 3.50. The Bertz CT molecular complexity index is 424. The highest BCUT2D eigenvalue weighted by atomic mass is 32.7.